The van der Waals surface area contributed by atoms with Crippen LogP contribution in [-0.2, 0) is 0 Å². The predicted molar refractivity (Wildman–Crippen MR) is 211 cm³/mol. The highest BCUT2D eigenvalue weighted by atomic mass is 16.5. The number of rotatable bonds is 4. The van der Waals surface area contributed by atoms with Crippen LogP contribution in [-0.4, -0.2) is 19.5 Å². The normalized spacial score (nSPS) is 12.0. The van der Waals surface area contributed by atoms with Gasteiger partial charge in [0.05, 0.1) is 16.7 Å². The Balaban J connectivity index is 1.15. The van der Waals surface area contributed by atoms with E-state index in [1.807, 2.05) is 42.5 Å². The molecule has 11 rings (SSSR count). The average molecular weight is 665 g/mol. The Hall–Kier alpha value is -7.11. The molecule has 0 fully saturated rings. The first-order chi connectivity index (χ1) is 25.8. The molecule has 5 heteroatoms. The van der Waals surface area contributed by atoms with Crippen molar-refractivity contribution >= 4 is 43.4 Å². The average Bonchev–Trinajstić information content (AvgIpc) is 3.55. The van der Waals surface area contributed by atoms with E-state index in [0.29, 0.717) is 17.5 Å². The molecule has 10 aromatic rings. The minimum Gasteiger partial charge on any atom is -0.456 e. The van der Waals surface area contributed by atoms with Gasteiger partial charge in [0.1, 0.15) is 11.5 Å². The molecule has 52 heavy (non-hydrogen) atoms. The molecule has 0 unspecified atom stereocenters. The van der Waals surface area contributed by atoms with E-state index in [0.717, 1.165) is 61.2 Å². The number of hydrogen-bond acceptors (Lipinski definition) is 4. The fourth-order valence-electron chi connectivity index (χ4n) is 7.90. The quantitative estimate of drug-likeness (QED) is 0.188. The lowest BCUT2D eigenvalue weighted by Gasteiger charge is -2.25. The van der Waals surface area contributed by atoms with Gasteiger partial charge in [0.2, 0.25) is 0 Å². The van der Waals surface area contributed by atoms with Crippen LogP contribution in [0, 0.1) is 0 Å². The minimum atomic E-state index is 0.594. The monoisotopic (exact) mass is 664 g/mol. The minimum absolute atomic E-state index is 0.594. The number of nitrogens with zero attached hydrogens (tertiary/aromatic N) is 4. The van der Waals surface area contributed by atoms with Gasteiger partial charge in [-0.1, -0.05) is 133 Å². The first-order valence-electron chi connectivity index (χ1n) is 17.5. The third-order valence-corrected chi connectivity index (χ3v) is 10.2. The summed E-state index contributed by atoms with van der Waals surface area (Å²) in [4.78, 5) is 15.3. The van der Waals surface area contributed by atoms with E-state index in [1.165, 1.54) is 27.2 Å². The van der Waals surface area contributed by atoms with Gasteiger partial charge in [0, 0.05) is 43.8 Å². The fraction of sp³-hybridized carbons (Fsp3) is 0. The maximum atomic E-state index is 6.76. The Morgan fingerprint density at radius 1 is 0.404 bits per heavy atom. The van der Waals surface area contributed by atoms with Crippen molar-refractivity contribution in [3.05, 3.63) is 170 Å². The van der Waals surface area contributed by atoms with Crippen molar-refractivity contribution in [2.24, 2.45) is 0 Å². The van der Waals surface area contributed by atoms with Crippen LogP contribution in [0.25, 0.3) is 94.3 Å². The molecule has 242 valence electrons. The third-order valence-electron chi connectivity index (χ3n) is 10.2. The number of fused-ring (bicyclic) bond motifs is 6. The van der Waals surface area contributed by atoms with Crippen LogP contribution < -0.4 is 4.74 Å². The maximum Gasteiger partial charge on any atom is 0.164 e. The second-order valence-corrected chi connectivity index (χ2v) is 13.2. The number of aromatic nitrogens is 4. The highest BCUT2D eigenvalue weighted by Crippen LogP contribution is 2.51. The van der Waals surface area contributed by atoms with Gasteiger partial charge >= 0.3 is 0 Å². The molecule has 1 aliphatic heterocycles. The summed E-state index contributed by atoms with van der Waals surface area (Å²) in [6, 6.07) is 59.1. The van der Waals surface area contributed by atoms with Gasteiger partial charge in [-0.2, -0.15) is 0 Å². The molecule has 0 spiro atoms. The van der Waals surface area contributed by atoms with Crippen LogP contribution in [0.5, 0.6) is 11.5 Å². The third kappa shape index (κ3) is 4.33. The smallest absolute Gasteiger partial charge is 0.164 e. The molecule has 5 nitrogen and oxygen atoms in total. The van der Waals surface area contributed by atoms with E-state index in [4.69, 9.17) is 19.7 Å². The van der Waals surface area contributed by atoms with E-state index in [9.17, 15) is 0 Å². The highest BCUT2D eigenvalue weighted by Gasteiger charge is 2.27. The fourth-order valence-corrected chi connectivity index (χ4v) is 7.90. The second-order valence-electron chi connectivity index (χ2n) is 13.2. The van der Waals surface area contributed by atoms with Gasteiger partial charge < -0.3 is 9.30 Å². The summed E-state index contributed by atoms with van der Waals surface area (Å²) in [5.41, 5.74) is 8.24. The summed E-state index contributed by atoms with van der Waals surface area (Å²) in [5.74, 6) is 3.44. The van der Waals surface area contributed by atoms with E-state index in [-0.39, 0.29) is 0 Å². The van der Waals surface area contributed by atoms with Crippen LogP contribution in [0.15, 0.2) is 170 Å². The number of benzene rings is 8. The number of ether oxygens (including phenoxy) is 1. The molecule has 3 heterocycles. The molecule has 1 aliphatic rings. The lowest BCUT2D eigenvalue weighted by atomic mass is 9.90. The van der Waals surface area contributed by atoms with Crippen LogP contribution in [0.4, 0.5) is 0 Å². The summed E-state index contributed by atoms with van der Waals surface area (Å²) in [6.45, 7) is 0. The van der Waals surface area contributed by atoms with Gasteiger partial charge in [0.25, 0.3) is 0 Å². The number of hydrogen-bond donors (Lipinski definition) is 0. The lowest BCUT2D eigenvalue weighted by molar-refractivity contribution is 0.487. The van der Waals surface area contributed by atoms with Crippen molar-refractivity contribution < 1.29 is 4.74 Å². The van der Waals surface area contributed by atoms with Crippen molar-refractivity contribution in [2.75, 3.05) is 0 Å². The SMILES string of the molecule is c1ccc(-c2nc(-c3ccc4ccccc4c3)nc(-c3cccc4c3-c3cccc5c(-n6c7ccccc7c7ccccc76)ccc(c35)O4)n2)cc1. The molecular formula is C47H28N4O. The summed E-state index contributed by atoms with van der Waals surface area (Å²) in [6.07, 6.45) is 0. The van der Waals surface area contributed by atoms with Crippen molar-refractivity contribution in [3.8, 4) is 62.5 Å². The van der Waals surface area contributed by atoms with E-state index >= 15 is 0 Å². The second kappa shape index (κ2) is 11.2. The molecule has 8 aromatic carbocycles. The molecule has 0 atom stereocenters. The molecule has 0 N–H and O–H groups in total. The molecule has 0 saturated carbocycles. The molecule has 0 saturated heterocycles. The first-order valence-corrected chi connectivity index (χ1v) is 17.5. The van der Waals surface area contributed by atoms with Crippen LogP contribution in [0.1, 0.15) is 0 Å². The van der Waals surface area contributed by atoms with Crippen molar-refractivity contribution in [1.82, 2.24) is 19.5 Å². The molecule has 0 aliphatic carbocycles. The van der Waals surface area contributed by atoms with Crippen molar-refractivity contribution in [1.29, 1.82) is 0 Å². The zero-order valence-electron chi connectivity index (χ0n) is 27.9. The van der Waals surface area contributed by atoms with Gasteiger partial charge in [-0.25, -0.2) is 15.0 Å². The van der Waals surface area contributed by atoms with E-state index < -0.39 is 0 Å². The highest BCUT2D eigenvalue weighted by molar-refractivity contribution is 6.13. The largest absolute Gasteiger partial charge is 0.456 e. The Morgan fingerprint density at radius 2 is 1.04 bits per heavy atom. The molecular weight excluding hydrogens is 637 g/mol. The zero-order valence-corrected chi connectivity index (χ0v) is 27.9. The van der Waals surface area contributed by atoms with Crippen LogP contribution in [0.3, 0.4) is 0 Å². The molecule has 0 radical (unpaired) electrons. The topological polar surface area (TPSA) is 52.8 Å². The maximum absolute atomic E-state index is 6.76. The molecule has 2 aromatic heterocycles. The van der Waals surface area contributed by atoms with Gasteiger partial charge in [0.15, 0.2) is 17.5 Å². The Kier molecular flexibility index (Phi) is 6.18. The predicted octanol–water partition coefficient (Wildman–Crippen LogP) is 12.0. The first kappa shape index (κ1) is 28.7. The summed E-state index contributed by atoms with van der Waals surface area (Å²) in [5, 5.41) is 6.94. The van der Waals surface area contributed by atoms with Gasteiger partial charge in [-0.15, -0.1) is 0 Å². The molecule has 0 amide bonds. The molecule has 0 bridgehead atoms. The Labute approximate surface area is 299 Å². The number of para-hydroxylation sites is 2. The lowest BCUT2D eigenvalue weighted by Crippen LogP contribution is -2.04. The summed E-state index contributed by atoms with van der Waals surface area (Å²) < 4.78 is 9.13. The Bertz CT molecular complexity index is 3000. The van der Waals surface area contributed by atoms with E-state index in [1.54, 1.807) is 0 Å². The summed E-state index contributed by atoms with van der Waals surface area (Å²) >= 11 is 0. The van der Waals surface area contributed by atoms with E-state index in [2.05, 4.69) is 132 Å². The van der Waals surface area contributed by atoms with Crippen LogP contribution >= 0.6 is 0 Å². The summed E-state index contributed by atoms with van der Waals surface area (Å²) in [7, 11) is 0. The van der Waals surface area contributed by atoms with Gasteiger partial charge in [-0.3, -0.25) is 0 Å². The van der Waals surface area contributed by atoms with Gasteiger partial charge in [-0.05, 0) is 52.7 Å². The van der Waals surface area contributed by atoms with Crippen molar-refractivity contribution in [2.45, 2.75) is 0 Å². The van der Waals surface area contributed by atoms with Crippen LogP contribution in [0.2, 0.25) is 0 Å². The Morgan fingerprint density at radius 3 is 1.85 bits per heavy atom. The zero-order chi connectivity index (χ0) is 34.2. The van der Waals surface area contributed by atoms with Crippen molar-refractivity contribution in [3.63, 3.8) is 0 Å². The standard InChI is InChI=1S/C47H28N4O/c1-2-13-30(14-3-1)45-48-46(32-25-24-29-12-4-5-15-31(29)28-32)50-47(49-45)37-20-11-23-41-44(37)36-19-10-18-35-40(26-27-42(52-41)43(35)36)51-38-21-8-6-16-33(38)34-17-7-9-22-39(34)51/h1-28H.